The molecule has 0 aliphatic carbocycles. The van der Waals surface area contributed by atoms with Gasteiger partial charge in [-0.1, -0.05) is 6.92 Å². The number of anilines is 1. The highest BCUT2D eigenvalue weighted by Crippen LogP contribution is 2.48. The molecule has 0 radical (unpaired) electrons. The minimum absolute atomic E-state index is 0.0568. The minimum atomic E-state index is -1.91. The van der Waals surface area contributed by atoms with E-state index in [2.05, 4.69) is 0 Å². The van der Waals surface area contributed by atoms with E-state index in [-0.39, 0.29) is 54.8 Å². The Balaban J connectivity index is 1.66. The lowest BCUT2D eigenvalue weighted by Crippen LogP contribution is -2.44. The Bertz CT molecular complexity index is 1550. The third-order valence-corrected chi connectivity index (χ3v) is 7.79. The topological polar surface area (TPSA) is 103 Å². The van der Waals surface area contributed by atoms with Crippen molar-refractivity contribution in [1.29, 1.82) is 0 Å². The quantitative estimate of drug-likeness (QED) is 0.410. The summed E-state index contributed by atoms with van der Waals surface area (Å²) < 4.78 is 33.1. The van der Waals surface area contributed by atoms with Crippen molar-refractivity contribution in [3.05, 3.63) is 50.6 Å². The lowest BCUT2D eigenvalue weighted by molar-refractivity contribution is -0.172. The number of hydrogen-bond donors (Lipinski definition) is 1. The van der Waals surface area contributed by atoms with E-state index in [1.807, 2.05) is 18.7 Å². The molecule has 3 aliphatic heterocycles. The molecule has 1 N–H and O–H groups in total. The van der Waals surface area contributed by atoms with Crippen LogP contribution in [0.3, 0.4) is 0 Å². The Morgan fingerprint density at radius 2 is 2.03 bits per heavy atom. The predicted octanol–water partition coefficient (Wildman–Crippen LogP) is 2.97. The molecule has 0 amide bonds. The van der Waals surface area contributed by atoms with Gasteiger partial charge in [-0.15, -0.1) is 0 Å². The highest BCUT2D eigenvalue weighted by Gasteiger charge is 2.45. The van der Waals surface area contributed by atoms with Gasteiger partial charge in [-0.25, -0.2) is 14.2 Å². The highest BCUT2D eigenvalue weighted by molar-refractivity contribution is 6.01. The van der Waals surface area contributed by atoms with Crippen molar-refractivity contribution >= 4 is 22.6 Å². The zero-order chi connectivity index (χ0) is 26.2. The molecular weight excluding hydrogens is 481 g/mol. The second-order valence-electron chi connectivity index (χ2n) is 10.0. The van der Waals surface area contributed by atoms with Crippen LogP contribution in [0.15, 0.2) is 16.9 Å². The second-order valence-corrected chi connectivity index (χ2v) is 10.0. The molecule has 0 spiro atoms. The molecule has 3 aromatic rings. The average molecular weight is 510 g/mol. The number of halogens is 1. The van der Waals surface area contributed by atoms with Crippen molar-refractivity contribution in [2.75, 3.05) is 25.3 Å². The number of hydrogen-bond acceptors (Lipinski definition) is 8. The Morgan fingerprint density at radius 1 is 1.24 bits per heavy atom. The van der Waals surface area contributed by atoms with Crippen molar-refractivity contribution in [2.24, 2.45) is 0 Å². The van der Waals surface area contributed by atoms with E-state index in [0.717, 1.165) is 16.5 Å². The van der Waals surface area contributed by atoms with Gasteiger partial charge in [0.15, 0.2) is 23.9 Å². The molecule has 3 aliphatic rings. The van der Waals surface area contributed by atoms with E-state index < -0.39 is 17.4 Å². The molecule has 0 unspecified atom stereocenters. The van der Waals surface area contributed by atoms with Gasteiger partial charge < -0.3 is 28.8 Å². The van der Waals surface area contributed by atoms with Gasteiger partial charge in [0.25, 0.3) is 5.56 Å². The van der Waals surface area contributed by atoms with Gasteiger partial charge in [0, 0.05) is 35.7 Å². The van der Waals surface area contributed by atoms with Crippen LogP contribution >= 0.6 is 0 Å². The van der Waals surface area contributed by atoms with E-state index in [4.69, 9.17) is 19.2 Å². The monoisotopic (exact) mass is 509 g/mol. The number of methoxy groups -OCH3 is 1. The summed E-state index contributed by atoms with van der Waals surface area (Å²) >= 11 is 0. The first-order valence-corrected chi connectivity index (χ1v) is 12.4. The Labute approximate surface area is 212 Å². The first kappa shape index (κ1) is 23.9. The highest BCUT2D eigenvalue weighted by atomic mass is 19.1. The Kier molecular flexibility index (Phi) is 5.33. The van der Waals surface area contributed by atoms with Gasteiger partial charge in [-0.3, -0.25) is 4.79 Å². The number of carbonyl (C=O) groups excluding carboxylic acids is 1. The van der Waals surface area contributed by atoms with Gasteiger partial charge in [-0.2, -0.15) is 0 Å². The normalized spacial score (nSPS) is 19.5. The Morgan fingerprint density at radius 3 is 2.73 bits per heavy atom. The Hall–Kier alpha value is -3.50. The summed E-state index contributed by atoms with van der Waals surface area (Å²) in [7, 11) is 1.62. The number of esters is 1. The molecule has 0 saturated carbocycles. The van der Waals surface area contributed by atoms with E-state index >= 15 is 4.39 Å². The van der Waals surface area contributed by atoms with Crippen molar-refractivity contribution in [1.82, 2.24) is 9.55 Å². The minimum Gasteiger partial charge on any atom is -0.468 e. The lowest BCUT2D eigenvalue weighted by atomic mass is 9.86. The maximum Gasteiger partial charge on any atom is 0.343 e. The maximum absolute atomic E-state index is 15.2. The van der Waals surface area contributed by atoms with Crippen LogP contribution in [0.25, 0.3) is 22.3 Å². The smallest absolute Gasteiger partial charge is 0.343 e. The number of nitrogens with zero attached hydrogens (tertiary/aromatic N) is 3. The van der Waals surface area contributed by atoms with Crippen LogP contribution in [0.1, 0.15) is 49.4 Å². The number of benzene rings is 1. The van der Waals surface area contributed by atoms with Crippen molar-refractivity contribution < 1.29 is 28.5 Å². The predicted molar refractivity (Wildman–Crippen MR) is 133 cm³/mol. The van der Waals surface area contributed by atoms with Crippen LogP contribution in [0.2, 0.25) is 0 Å². The molecule has 0 bridgehead atoms. The molecule has 1 aromatic carbocycles. The van der Waals surface area contributed by atoms with Crippen LogP contribution in [-0.2, 0) is 39.4 Å². The maximum atomic E-state index is 15.2. The van der Waals surface area contributed by atoms with Gasteiger partial charge >= 0.3 is 5.97 Å². The molecule has 194 valence electrons. The first-order valence-electron chi connectivity index (χ1n) is 12.4. The molecule has 5 heterocycles. The summed E-state index contributed by atoms with van der Waals surface area (Å²) in [6, 6.07) is 3.09. The number of aromatic nitrogens is 2. The summed E-state index contributed by atoms with van der Waals surface area (Å²) in [5.41, 5.74) is 2.12. The van der Waals surface area contributed by atoms with E-state index in [1.54, 1.807) is 24.7 Å². The van der Waals surface area contributed by atoms with Crippen molar-refractivity contribution in [3.8, 4) is 17.1 Å². The number of carbonyl (C=O) groups is 1. The molecule has 0 fully saturated rings. The van der Waals surface area contributed by atoms with Gasteiger partial charge in [0.1, 0.15) is 6.61 Å². The molecular formula is C27H28FN3O6. The number of aliphatic hydroxyl groups is 1. The molecule has 37 heavy (non-hydrogen) atoms. The average Bonchev–Trinajstić information content (AvgIpc) is 3.48. The van der Waals surface area contributed by atoms with Crippen LogP contribution in [-0.4, -0.2) is 47.1 Å². The first-order chi connectivity index (χ1) is 17.7. The van der Waals surface area contributed by atoms with Gasteiger partial charge in [-0.05, 0) is 38.3 Å². The SMILES string of the molecule is CC[C@@]1(O)C(=O)OCc2c1cc1n(c2=O)Cc2c-1nc1cc(F)c3c(c1c2CCOC)N(C(C)C)CO3. The van der Waals surface area contributed by atoms with Crippen LogP contribution in [0, 0.1) is 5.82 Å². The van der Waals surface area contributed by atoms with Crippen molar-refractivity contribution in [3.63, 3.8) is 0 Å². The van der Waals surface area contributed by atoms with E-state index in [9.17, 15) is 14.7 Å². The standard InChI is InChI=1S/C27H28FN3O6/c1-5-27(34)17-8-20-22-15(10-30(20)25(32)16(17)11-36-26(27)33)14(6-7-35-4)21-19(29-22)9-18(28)24-23(21)31(12-37-24)13(2)3/h8-9,13,34H,5-7,10-12H2,1-4H3/t27-/m0/s1. The molecule has 1 atom stereocenters. The number of pyridine rings is 2. The van der Waals surface area contributed by atoms with Crippen LogP contribution in [0.5, 0.6) is 5.75 Å². The largest absolute Gasteiger partial charge is 0.468 e. The number of cyclic esters (lactones) is 1. The van der Waals surface area contributed by atoms with E-state index in [0.29, 0.717) is 35.6 Å². The molecule has 2 aromatic heterocycles. The summed E-state index contributed by atoms with van der Waals surface area (Å²) in [6.07, 6.45) is 0.575. The summed E-state index contributed by atoms with van der Waals surface area (Å²) in [6.45, 7) is 6.41. The fourth-order valence-corrected chi connectivity index (χ4v) is 5.76. The fourth-order valence-electron chi connectivity index (χ4n) is 5.76. The van der Waals surface area contributed by atoms with Crippen molar-refractivity contribution in [2.45, 2.75) is 58.4 Å². The number of rotatable bonds is 5. The molecule has 9 nitrogen and oxygen atoms in total. The fraction of sp³-hybridized carbons (Fsp3) is 0.444. The van der Waals surface area contributed by atoms with Gasteiger partial charge in [0.05, 0.1) is 41.3 Å². The molecule has 6 rings (SSSR count). The summed E-state index contributed by atoms with van der Waals surface area (Å²) in [5.74, 6) is -1.07. The third kappa shape index (κ3) is 3.18. The van der Waals surface area contributed by atoms with Crippen LogP contribution < -0.4 is 15.2 Å². The number of ether oxygens (including phenoxy) is 3. The van der Waals surface area contributed by atoms with E-state index in [1.165, 1.54) is 6.07 Å². The van der Waals surface area contributed by atoms with Crippen LogP contribution in [0.4, 0.5) is 10.1 Å². The number of fused-ring (bicyclic) bond motifs is 7. The zero-order valence-corrected chi connectivity index (χ0v) is 21.2. The zero-order valence-electron chi connectivity index (χ0n) is 21.2. The second kappa shape index (κ2) is 8.26. The van der Waals surface area contributed by atoms with Gasteiger partial charge in [0.2, 0.25) is 0 Å². The third-order valence-electron chi connectivity index (χ3n) is 7.79. The lowest BCUT2D eigenvalue weighted by Gasteiger charge is -2.31. The molecule has 10 heteroatoms. The summed E-state index contributed by atoms with van der Waals surface area (Å²) in [5, 5.41) is 11.9. The molecule has 0 saturated heterocycles. The summed E-state index contributed by atoms with van der Waals surface area (Å²) in [4.78, 5) is 32.9.